The van der Waals surface area contributed by atoms with Gasteiger partial charge in [0.25, 0.3) is 0 Å². The first-order valence-corrected chi connectivity index (χ1v) is 5.19. The Morgan fingerprint density at radius 2 is 2.25 bits per heavy atom. The zero-order valence-electron chi connectivity index (χ0n) is 9.52. The van der Waals surface area contributed by atoms with E-state index in [9.17, 15) is 4.79 Å². The molecular formula is C9H15N5OS. The van der Waals surface area contributed by atoms with E-state index < -0.39 is 0 Å². The second-order valence-electron chi connectivity index (χ2n) is 4.43. The molecule has 1 amide bonds. The van der Waals surface area contributed by atoms with E-state index in [1.165, 1.54) is 11.0 Å². The van der Waals surface area contributed by atoms with Crippen molar-refractivity contribution in [3.63, 3.8) is 0 Å². The van der Waals surface area contributed by atoms with Gasteiger partial charge in [-0.15, -0.1) is 5.10 Å². The number of carbonyl (C=O) groups excluding carboxylic acids is 1. The quantitative estimate of drug-likeness (QED) is 0.717. The summed E-state index contributed by atoms with van der Waals surface area (Å²) in [4.78, 5) is 15.5. The van der Waals surface area contributed by atoms with Gasteiger partial charge >= 0.3 is 0 Å². The highest BCUT2D eigenvalue weighted by molar-refractivity contribution is 7.80. The molecule has 1 aromatic heterocycles. The first-order valence-electron chi connectivity index (χ1n) is 4.78. The minimum Gasteiger partial charge on any atom is -0.387 e. The highest BCUT2D eigenvalue weighted by Gasteiger charge is 2.14. The van der Waals surface area contributed by atoms with Crippen molar-refractivity contribution >= 4 is 23.1 Å². The number of thiocarbonyl (C=S) groups is 1. The van der Waals surface area contributed by atoms with Crippen LogP contribution in [0.4, 0.5) is 0 Å². The summed E-state index contributed by atoms with van der Waals surface area (Å²) in [7, 11) is 0. The topological polar surface area (TPSA) is 85.8 Å². The molecule has 0 bridgehead atoms. The third-order valence-corrected chi connectivity index (χ3v) is 1.76. The van der Waals surface area contributed by atoms with Gasteiger partial charge in [-0.1, -0.05) is 12.2 Å². The summed E-state index contributed by atoms with van der Waals surface area (Å²) in [5, 5.41) is 6.77. The van der Waals surface area contributed by atoms with Crippen LogP contribution in [-0.4, -0.2) is 31.2 Å². The van der Waals surface area contributed by atoms with Crippen molar-refractivity contribution in [2.45, 2.75) is 32.9 Å². The van der Waals surface area contributed by atoms with Gasteiger partial charge in [0.2, 0.25) is 11.7 Å². The number of carbonyl (C=O) groups is 1. The van der Waals surface area contributed by atoms with Crippen LogP contribution in [0, 0.1) is 0 Å². The number of nitrogens with zero attached hydrogens (tertiary/aromatic N) is 3. The smallest absolute Gasteiger partial charge is 0.242 e. The van der Waals surface area contributed by atoms with E-state index in [-0.39, 0.29) is 28.8 Å². The van der Waals surface area contributed by atoms with Crippen molar-refractivity contribution in [3.05, 3.63) is 12.2 Å². The average Bonchev–Trinajstić information content (AvgIpc) is 2.48. The van der Waals surface area contributed by atoms with E-state index in [0.29, 0.717) is 0 Å². The fourth-order valence-corrected chi connectivity index (χ4v) is 1.18. The summed E-state index contributed by atoms with van der Waals surface area (Å²) < 4.78 is 1.40. The normalized spacial score (nSPS) is 11.2. The summed E-state index contributed by atoms with van der Waals surface area (Å²) in [5.41, 5.74) is 5.09. The lowest BCUT2D eigenvalue weighted by atomic mass is 10.1. The molecule has 0 saturated heterocycles. The van der Waals surface area contributed by atoms with Crippen molar-refractivity contribution in [2.24, 2.45) is 5.73 Å². The zero-order chi connectivity index (χ0) is 12.3. The molecule has 3 N–H and O–H groups in total. The summed E-state index contributed by atoms with van der Waals surface area (Å²) in [6, 6.07) is 0. The van der Waals surface area contributed by atoms with Gasteiger partial charge in [-0.25, -0.2) is 9.67 Å². The molecular weight excluding hydrogens is 226 g/mol. The molecule has 1 aromatic rings. The Bertz CT molecular complexity index is 406. The molecule has 0 aliphatic carbocycles. The predicted molar refractivity (Wildman–Crippen MR) is 63.8 cm³/mol. The number of hydrogen-bond donors (Lipinski definition) is 2. The van der Waals surface area contributed by atoms with Gasteiger partial charge in [-0.2, -0.15) is 0 Å². The van der Waals surface area contributed by atoms with Crippen molar-refractivity contribution in [3.8, 4) is 0 Å². The maximum Gasteiger partial charge on any atom is 0.242 e. The van der Waals surface area contributed by atoms with E-state index in [1.807, 2.05) is 20.8 Å². The number of hydrogen-bond acceptors (Lipinski definition) is 4. The highest BCUT2D eigenvalue weighted by atomic mass is 32.1. The Balaban J connectivity index is 2.60. The molecule has 0 unspecified atom stereocenters. The second kappa shape index (κ2) is 4.56. The van der Waals surface area contributed by atoms with Crippen LogP contribution in [0.2, 0.25) is 0 Å². The van der Waals surface area contributed by atoms with Gasteiger partial charge in [0.05, 0.1) is 0 Å². The summed E-state index contributed by atoms with van der Waals surface area (Å²) in [6.45, 7) is 5.83. The number of nitrogens with two attached hydrogens (primary N) is 1. The summed E-state index contributed by atoms with van der Waals surface area (Å²) in [5.74, 6) is 0.144. The SMILES string of the molecule is CC(C)(C)NC(=O)Cn1cnc(C(N)=S)n1. The minimum atomic E-state index is -0.260. The summed E-state index contributed by atoms with van der Waals surface area (Å²) in [6.07, 6.45) is 1.43. The highest BCUT2D eigenvalue weighted by Crippen LogP contribution is 1.98. The first kappa shape index (κ1) is 12.6. The lowest BCUT2D eigenvalue weighted by Crippen LogP contribution is -2.42. The number of aromatic nitrogens is 3. The number of amides is 1. The molecule has 0 radical (unpaired) electrons. The van der Waals surface area contributed by atoms with E-state index in [4.69, 9.17) is 18.0 Å². The number of nitrogens with one attached hydrogen (secondary N) is 1. The maximum atomic E-state index is 11.5. The fourth-order valence-electron chi connectivity index (χ4n) is 1.09. The van der Waals surface area contributed by atoms with Crippen LogP contribution in [0.3, 0.4) is 0 Å². The van der Waals surface area contributed by atoms with Crippen LogP contribution in [0.15, 0.2) is 6.33 Å². The molecule has 1 heterocycles. The Labute approximate surface area is 99.2 Å². The third kappa shape index (κ3) is 3.93. The van der Waals surface area contributed by atoms with Gasteiger partial charge in [0.1, 0.15) is 17.9 Å². The minimum absolute atomic E-state index is 0.104. The molecule has 0 fully saturated rings. The van der Waals surface area contributed by atoms with Gasteiger partial charge < -0.3 is 11.1 Å². The third-order valence-electron chi connectivity index (χ3n) is 1.58. The monoisotopic (exact) mass is 241 g/mol. The molecule has 0 aliphatic rings. The van der Waals surface area contributed by atoms with Gasteiger partial charge in [0.15, 0.2) is 0 Å². The zero-order valence-corrected chi connectivity index (χ0v) is 10.3. The van der Waals surface area contributed by atoms with Crippen LogP contribution in [0.25, 0.3) is 0 Å². The molecule has 1 rings (SSSR count). The predicted octanol–water partition coefficient (Wildman–Crippen LogP) is -0.173. The maximum absolute atomic E-state index is 11.5. The Morgan fingerprint density at radius 3 is 2.69 bits per heavy atom. The molecule has 16 heavy (non-hydrogen) atoms. The Morgan fingerprint density at radius 1 is 1.62 bits per heavy atom. The van der Waals surface area contributed by atoms with Crippen molar-refractivity contribution in [1.29, 1.82) is 0 Å². The van der Waals surface area contributed by atoms with Gasteiger partial charge in [-0.05, 0) is 20.8 Å². The largest absolute Gasteiger partial charge is 0.387 e. The van der Waals surface area contributed by atoms with Crippen LogP contribution >= 0.6 is 12.2 Å². The lowest BCUT2D eigenvalue weighted by Gasteiger charge is -2.20. The molecule has 88 valence electrons. The van der Waals surface area contributed by atoms with E-state index in [2.05, 4.69) is 15.4 Å². The van der Waals surface area contributed by atoms with Crippen molar-refractivity contribution < 1.29 is 4.79 Å². The van der Waals surface area contributed by atoms with E-state index in [1.54, 1.807) is 0 Å². The van der Waals surface area contributed by atoms with Crippen LogP contribution in [0.5, 0.6) is 0 Å². The Hall–Kier alpha value is -1.50. The van der Waals surface area contributed by atoms with E-state index in [0.717, 1.165) is 0 Å². The number of rotatable bonds is 3. The second-order valence-corrected chi connectivity index (χ2v) is 4.87. The summed E-state index contributed by atoms with van der Waals surface area (Å²) >= 11 is 4.72. The molecule has 6 nitrogen and oxygen atoms in total. The molecule has 0 saturated carbocycles. The van der Waals surface area contributed by atoms with Crippen LogP contribution in [0.1, 0.15) is 26.6 Å². The van der Waals surface area contributed by atoms with E-state index >= 15 is 0 Å². The van der Waals surface area contributed by atoms with Crippen molar-refractivity contribution in [1.82, 2.24) is 20.1 Å². The molecule has 0 spiro atoms. The molecule has 0 aromatic carbocycles. The standard InChI is InChI=1S/C9H15N5OS/c1-9(2,3)12-6(15)4-14-5-11-8(13-14)7(10)16/h5H,4H2,1-3H3,(H2,10,16)(H,12,15). The van der Waals surface area contributed by atoms with Crippen LogP contribution in [-0.2, 0) is 11.3 Å². The lowest BCUT2D eigenvalue weighted by molar-refractivity contribution is -0.123. The van der Waals surface area contributed by atoms with Gasteiger partial charge in [0, 0.05) is 5.54 Å². The average molecular weight is 241 g/mol. The van der Waals surface area contributed by atoms with Gasteiger partial charge in [-0.3, -0.25) is 4.79 Å². The molecule has 0 aliphatic heterocycles. The van der Waals surface area contributed by atoms with Crippen LogP contribution < -0.4 is 11.1 Å². The first-order chi connectivity index (χ1) is 7.28. The molecule has 7 heteroatoms. The fraction of sp³-hybridized carbons (Fsp3) is 0.556. The Kier molecular flexibility index (Phi) is 3.58. The van der Waals surface area contributed by atoms with Crippen molar-refractivity contribution in [2.75, 3.05) is 0 Å². The molecule has 0 atom stereocenters.